The number of para-hydroxylation sites is 1. The molecule has 1 amide bonds. The van der Waals surface area contributed by atoms with Gasteiger partial charge in [-0.25, -0.2) is 0 Å². The van der Waals surface area contributed by atoms with Gasteiger partial charge in [0.05, 0.1) is 17.1 Å². The van der Waals surface area contributed by atoms with E-state index in [1.165, 1.54) is 18.2 Å². The number of nitrogens with zero attached hydrogens (tertiary/aromatic N) is 1. The average molecular weight is 359 g/mol. The predicted octanol–water partition coefficient (Wildman–Crippen LogP) is 3.29. The van der Waals surface area contributed by atoms with Gasteiger partial charge < -0.3 is 10.1 Å². The molecule has 0 aliphatic rings. The lowest BCUT2D eigenvalue weighted by Crippen LogP contribution is -2.48. The van der Waals surface area contributed by atoms with E-state index in [1.807, 2.05) is 20.8 Å². The van der Waals surface area contributed by atoms with Gasteiger partial charge in [-0.1, -0.05) is 28.9 Å². The summed E-state index contributed by atoms with van der Waals surface area (Å²) in [6.07, 6.45) is 0. The Kier molecular flexibility index (Phi) is 5.71. The number of ether oxygens (including phenoxy) is 1. The van der Waals surface area contributed by atoms with Gasteiger partial charge >= 0.3 is 5.69 Å². The average Bonchev–Trinajstić information content (AvgIpc) is 2.38. The molecule has 1 aromatic carbocycles. The molecule has 7 heteroatoms. The summed E-state index contributed by atoms with van der Waals surface area (Å²) in [5.74, 6) is -0.404. The van der Waals surface area contributed by atoms with Gasteiger partial charge in [0.2, 0.25) is 5.75 Å². The smallest absolute Gasteiger partial charge is 0.311 e. The lowest BCUT2D eigenvalue weighted by molar-refractivity contribution is -0.385. The molecule has 0 saturated heterocycles. The highest BCUT2D eigenvalue weighted by atomic mass is 79.9. The summed E-state index contributed by atoms with van der Waals surface area (Å²) in [5, 5.41) is 13.9. The van der Waals surface area contributed by atoms with Crippen molar-refractivity contribution in [3.63, 3.8) is 0 Å². The number of alkyl halides is 1. The second-order valence-corrected chi connectivity index (χ2v) is 6.51. The third-order valence-electron chi connectivity index (χ3n) is 3.15. The van der Waals surface area contributed by atoms with Crippen molar-refractivity contribution in [1.29, 1.82) is 0 Å². The zero-order valence-electron chi connectivity index (χ0n) is 12.5. The van der Waals surface area contributed by atoms with Gasteiger partial charge in [0.15, 0.2) is 0 Å². The van der Waals surface area contributed by atoms with Crippen molar-refractivity contribution in [2.75, 3.05) is 6.61 Å². The Morgan fingerprint density at radius 2 is 2.14 bits per heavy atom. The first-order valence-corrected chi connectivity index (χ1v) is 7.49. The summed E-state index contributed by atoms with van der Waals surface area (Å²) in [6, 6.07) is 4.31. The van der Waals surface area contributed by atoms with Crippen LogP contribution in [0.5, 0.6) is 5.75 Å². The fourth-order valence-corrected chi connectivity index (χ4v) is 1.72. The molecule has 0 saturated carbocycles. The summed E-state index contributed by atoms with van der Waals surface area (Å²) in [5.41, 5.74) is -0.563. The van der Waals surface area contributed by atoms with E-state index in [0.29, 0.717) is 0 Å². The summed E-state index contributed by atoms with van der Waals surface area (Å²) >= 11 is 3.43. The van der Waals surface area contributed by atoms with Crippen molar-refractivity contribution in [2.24, 2.45) is 0 Å². The van der Waals surface area contributed by atoms with Gasteiger partial charge in [0, 0.05) is 16.4 Å². The molecule has 1 atom stereocenters. The van der Waals surface area contributed by atoms with Crippen LogP contribution in [0.2, 0.25) is 0 Å². The highest BCUT2D eigenvalue weighted by Crippen LogP contribution is 2.31. The van der Waals surface area contributed by atoms with Crippen LogP contribution in [0, 0.1) is 10.1 Å². The van der Waals surface area contributed by atoms with Crippen LogP contribution in [0.3, 0.4) is 0 Å². The van der Waals surface area contributed by atoms with Gasteiger partial charge in [-0.15, -0.1) is 0 Å². The van der Waals surface area contributed by atoms with Crippen molar-refractivity contribution in [2.45, 2.75) is 38.1 Å². The number of halogens is 1. The fourth-order valence-electron chi connectivity index (χ4n) is 1.60. The third-order valence-corrected chi connectivity index (χ3v) is 4.30. The van der Waals surface area contributed by atoms with Gasteiger partial charge in [-0.2, -0.15) is 0 Å². The van der Waals surface area contributed by atoms with Crippen LogP contribution in [-0.2, 0) is 0 Å². The number of nitrogens with one attached hydrogen (secondary N) is 1. The lowest BCUT2D eigenvalue weighted by atomic mass is 10.0. The van der Waals surface area contributed by atoms with E-state index in [9.17, 15) is 14.9 Å². The first kappa shape index (κ1) is 17.4. The Morgan fingerprint density at radius 3 is 2.62 bits per heavy atom. The number of amides is 1. The molecule has 1 unspecified atom stereocenters. The molecule has 0 fully saturated rings. The molecule has 0 bridgehead atoms. The molecule has 1 N–H and O–H groups in total. The minimum atomic E-state index is -0.556. The Hall–Kier alpha value is -1.63. The standard InChI is InChI=1S/C14H19BrN2O4/c1-5-21-12-10(7-6-8-11(12)17(19)20)13(18)16-14(3,4)9(2)15/h6-9H,5H2,1-4H3,(H,16,18). The van der Waals surface area contributed by atoms with Crippen LogP contribution in [0.15, 0.2) is 18.2 Å². The van der Waals surface area contributed by atoms with Crippen LogP contribution in [0.4, 0.5) is 5.69 Å². The molecular weight excluding hydrogens is 340 g/mol. The first-order chi connectivity index (χ1) is 9.70. The van der Waals surface area contributed by atoms with Crippen molar-refractivity contribution < 1.29 is 14.5 Å². The normalized spacial score (nSPS) is 12.6. The van der Waals surface area contributed by atoms with E-state index in [2.05, 4.69) is 21.2 Å². The molecule has 1 rings (SSSR count). The molecule has 0 aromatic heterocycles. The van der Waals surface area contributed by atoms with Crippen molar-refractivity contribution in [1.82, 2.24) is 5.32 Å². The molecule has 0 aliphatic heterocycles. The van der Waals surface area contributed by atoms with Gasteiger partial charge in [-0.3, -0.25) is 14.9 Å². The minimum absolute atomic E-state index is 0.000487. The van der Waals surface area contributed by atoms with Crippen LogP contribution in [0.1, 0.15) is 38.1 Å². The second kappa shape index (κ2) is 6.89. The zero-order valence-corrected chi connectivity index (χ0v) is 14.1. The van der Waals surface area contributed by atoms with Crippen molar-refractivity contribution >= 4 is 27.5 Å². The van der Waals surface area contributed by atoms with E-state index in [0.717, 1.165) is 0 Å². The van der Waals surface area contributed by atoms with Crippen LogP contribution >= 0.6 is 15.9 Å². The van der Waals surface area contributed by atoms with Crippen molar-refractivity contribution in [3.8, 4) is 5.75 Å². The topological polar surface area (TPSA) is 81.5 Å². The summed E-state index contributed by atoms with van der Waals surface area (Å²) < 4.78 is 5.31. The number of benzene rings is 1. The number of hydrogen-bond acceptors (Lipinski definition) is 4. The van der Waals surface area contributed by atoms with Crippen LogP contribution < -0.4 is 10.1 Å². The molecule has 0 spiro atoms. The van der Waals surface area contributed by atoms with Gasteiger partial charge in [0.1, 0.15) is 0 Å². The SMILES string of the molecule is CCOc1c(C(=O)NC(C)(C)C(C)Br)cccc1[N+](=O)[O-]. The summed E-state index contributed by atoms with van der Waals surface area (Å²) in [4.78, 5) is 22.9. The Labute approximate surface area is 132 Å². The van der Waals surface area contributed by atoms with E-state index in [1.54, 1.807) is 6.92 Å². The number of rotatable bonds is 6. The quantitative estimate of drug-likeness (QED) is 0.480. The number of nitro groups is 1. The monoisotopic (exact) mass is 358 g/mol. The largest absolute Gasteiger partial charge is 0.487 e. The molecule has 0 radical (unpaired) electrons. The number of carbonyl (C=O) groups excluding carboxylic acids is 1. The number of hydrogen-bond donors (Lipinski definition) is 1. The summed E-state index contributed by atoms with van der Waals surface area (Å²) in [6.45, 7) is 7.59. The Morgan fingerprint density at radius 1 is 1.52 bits per heavy atom. The van der Waals surface area contributed by atoms with E-state index in [-0.39, 0.29) is 28.4 Å². The van der Waals surface area contributed by atoms with E-state index < -0.39 is 16.4 Å². The Balaban J connectivity index is 3.20. The molecule has 6 nitrogen and oxygen atoms in total. The van der Waals surface area contributed by atoms with E-state index in [4.69, 9.17) is 4.74 Å². The molecule has 0 aliphatic carbocycles. The number of carbonyl (C=O) groups is 1. The highest BCUT2D eigenvalue weighted by molar-refractivity contribution is 9.09. The molecule has 1 aromatic rings. The molecule has 116 valence electrons. The van der Waals surface area contributed by atoms with Gasteiger partial charge in [0.25, 0.3) is 5.91 Å². The molecule has 0 heterocycles. The first-order valence-electron chi connectivity index (χ1n) is 6.57. The minimum Gasteiger partial charge on any atom is -0.487 e. The summed E-state index contributed by atoms with van der Waals surface area (Å²) in [7, 11) is 0. The van der Waals surface area contributed by atoms with Crippen LogP contribution in [-0.4, -0.2) is 27.8 Å². The van der Waals surface area contributed by atoms with E-state index >= 15 is 0 Å². The second-order valence-electron chi connectivity index (χ2n) is 5.14. The maximum Gasteiger partial charge on any atom is 0.311 e. The molecular formula is C14H19BrN2O4. The Bertz CT molecular complexity index is 544. The zero-order chi connectivity index (χ0) is 16.2. The maximum absolute atomic E-state index is 12.4. The van der Waals surface area contributed by atoms with Crippen LogP contribution in [0.25, 0.3) is 0 Å². The maximum atomic E-state index is 12.4. The lowest BCUT2D eigenvalue weighted by Gasteiger charge is -2.29. The van der Waals surface area contributed by atoms with Gasteiger partial charge in [-0.05, 0) is 26.8 Å². The predicted molar refractivity (Wildman–Crippen MR) is 84.2 cm³/mol. The fraction of sp³-hybridized carbons (Fsp3) is 0.500. The third kappa shape index (κ3) is 4.17. The van der Waals surface area contributed by atoms with Crippen molar-refractivity contribution in [3.05, 3.63) is 33.9 Å². The highest BCUT2D eigenvalue weighted by Gasteiger charge is 2.29. The number of nitro benzene ring substituents is 1. The molecule has 21 heavy (non-hydrogen) atoms.